The number of pyridine rings is 1. The third kappa shape index (κ3) is 4.77. The molecule has 0 N–H and O–H groups in total. The molecule has 23 heavy (non-hydrogen) atoms. The predicted molar refractivity (Wildman–Crippen MR) is 77.0 cm³/mol. The number of sulfonamides is 1. The summed E-state index contributed by atoms with van der Waals surface area (Å²) < 4.78 is 74.9. The first-order chi connectivity index (χ1) is 10.6. The second-order valence-corrected chi connectivity index (χ2v) is 7.49. The third-order valence-corrected chi connectivity index (χ3v) is 5.46. The first kappa shape index (κ1) is 17.9. The van der Waals surface area contributed by atoms with Crippen molar-refractivity contribution in [2.75, 3.05) is 30.3 Å². The highest BCUT2D eigenvalue weighted by Crippen LogP contribution is 2.24. The summed E-state index contributed by atoms with van der Waals surface area (Å²) in [5.41, 5.74) is 0. The summed E-state index contributed by atoms with van der Waals surface area (Å²) in [6, 6.07) is 3.98. The molecule has 1 atom stereocenters. The summed E-state index contributed by atoms with van der Waals surface area (Å²) in [6.07, 6.45) is -5.87. The van der Waals surface area contributed by atoms with Crippen LogP contribution in [0.3, 0.4) is 0 Å². The van der Waals surface area contributed by atoms with Gasteiger partial charge in [0, 0.05) is 25.7 Å². The Hall–Kier alpha value is -1.42. The molecular formula is C13H17F4N3O2S. The van der Waals surface area contributed by atoms with E-state index >= 15 is 0 Å². The minimum atomic E-state index is -4.51. The van der Waals surface area contributed by atoms with E-state index in [-0.39, 0.29) is 25.7 Å². The SMILES string of the molecule is CC1CN(S(=O)(=O)CCC(F)(F)F)CCN1c1cccc(F)n1. The fourth-order valence-corrected chi connectivity index (χ4v) is 4.00. The van der Waals surface area contributed by atoms with Gasteiger partial charge < -0.3 is 4.90 Å². The van der Waals surface area contributed by atoms with Gasteiger partial charge in [-0.3, -0.25) is 0 Å². The molecule has 1 fully saturated rings. The molecule has 1 unspecified atom stereocenters. The Bertz CT molecular complexity index is 651. The van der Waals surface area contributed by atoms with E-state index in [2.05, 4.69) is 4.98 Å². The van der Waals surface area contributed by atoms with E-state index in [1.165, 1.54) is 12.1 Å². The van der Waals surface area contributed by atoms with Gasteiger partial charge >= 0.3 is 6.18 Å². The maximum atomic E-state index is 13.2. The number of nitrogens with zero attached hydrogens (tertiary/aromatic N) is 3. The van der Waals surface area contributed by atoms with Gasteiger partial charge in [0.2, 0.25) is 16.0 Å². The number of piperazine rings is 1. The van der Waals surface area contributed by atoms with Crippen LogP contribution >= 0.6 is 0 Å². The molecule has 1 aromatic heterocycles. The average molecular weight is 355 g/mol. The number of hydrogen-bond acceptors (Lipinski definition) is 4. The minimum absolute atomic E-state index is 0.0401. The van der Waals surface area contributed by atoms with Gasteiger partial charge in [0.05, 0.1) is 12.2 Å². The van der Waals surface area contributed by atoms with Crippen molar-refractivity contribution >= 4 is 15.8 Å². The Kier molecular flexibility index (Phi) is 5.14. The highest BCUT2D eigenvalue weighted by Gasteiger charge is 2.35. The summed E-state index contributed by atoms with van der Waals surface area (Å²) in [5, 5.41) is 0. The van der Waals surface area contributed by atoms with Crippen LogP contribution in [0.25, 0.3) is 0 Å². The van der Waals surface area contributed by atoms with Gasteiger partial charge in [0.15, 0.2) is 0 Å². The maximum absolute atomic E-state index is 13.2. The van der Waals surface area contributed by atoms with Gasteiger partial charge in [-0.2, -0.15) is 21.9 Å². The van der Waals surface area contributed by atoms with Crippen molar-refractivity contribution in [3.8, 4) is 0 Å². The Balaban J connectivity index is 2.03. The van der Waals surface area contributed by atoms with E-state index in [1.54, 1.807) is 17.9 Å². The van der Waals surface area contributed by atoms with Gasteiger partial charge in [-0.25, -0.2) is 13.4 Å². The molecule has 1 aliphatic rings. The molecule has 130 valence electrons. The van der Waals surface area contributed by atoms with Crippen LogP contribution in [0, 0.1) is 5.95 Å². The summed E-state index contributed by atoms with van der Waals surface area (Å²) in [7, 11) is -3.97. The lowest BCUT2D eigenvalue weighted by Crippen LogP contribution is -2.54. The van der Waals surface area contributed by atoms with Crippen LogP contribution in [0.1, 0.15) is 13.3 Å². The lowest BCUT2D eigenvalue weighted by molar-refractivity contribution is -0.130. The standard InChI is InChI=1S/C13H17F4N3O2S/c1-10-9-19(23(21,22)8-5-13(15,16)17)6-7-20(10)12-4-2-3-11(14)18-12/h2-4,10H,5-9H2,1H3. The first-order valence-corrected chi connectivity index (χ1v) is 8.63. The van der Waals surface area contributed by atoms with Crippen molar-refractivity contribution in [1.82, 2.24) is 9.29 Å². The van der Waals surface area contributed by atoms with Crippen LogP contribution in [-0.2, 0) is 10.0 Å². The fraction of sp³-hybridized carbons (Fsp3) is 0.615. The normalized spacial score (nSPS) is 20.7. The van der Waals surface area contributed by atoms with Gasteiger partial charge in [-0.1, -0.05) is 6.07 Å². The predicted octanol–water partition coefficient (Wildman–Crippen LogP) is 2.01. The summed E-state index contributed by atoms with van der Waals surface area (Å²) >= 11 is 0. The van der Waals surface area contributed by atoms with Gasteiger partial charge in [-0.05, 0) is 19.1 Å². The van der Waals surface area contributed by atoms with Crippen LogP contribution in [0.4, 0.5) is 23.4 Å². The summed E-state index contributed by atoms with van der Waals surface area (Å²) in [6.45, 7) is 2.04. The number of rotatable bonds is 4. The van der Waals surface area contributed by atoms with Crippen molar-refractivity contribution < 1.29 is 26.0 Å². The fourth-order valence-electron chi connectivity index (χ4n) is 2.45. The highest BCUT2D eigenvalue weighted by molar-refractivity contribution is 7.89. The molecular weight excluding hydrogens is 338 g/mol. The first-order valence-electron chi connectivity index (χ1n) is 7.02. The van der Waals surface area contributed by atoms with Crippen molar-refractivity contribution in [3.63, 3.8) is 0 Å². The van der Waals surface area contributed by atoms with E-state index in [0.29, 0.717) is 5.82 Å². The van der Waals surface area contributed by atoms with E-state index in [4.69, 9.17) is 0 Å². The van der Waals surface area contributed by atoms with Crippen molar-refractivity contribution in [1.29, 1.82) is 0 Å². The summed E-state index contributed by atoms with van der Waals surface area (Å²) in [5.74, 6) is -1.22. The Morgan fingerprint density at radius 2 is 2.00 bits per heavy atom. The van der Waals surface area contributed by atoms with E-state index in [0.717, 1.165) is 4.31 Å². The van der Waals surface area contributed by atoms with Crippen molar-refractivity contribution in [2.45, 2.75) is 25.6 Å². The third-order valence-electron chi connectivity index (χ3n) is 3.62. The monoisotopic (exact) mass is 355 g/mol. The molecule has 2 heterocycles. The molecule has 1 aromatic rings. The van der Waals surface area contributed by atoms with E-state index in [9.17, 15) is 26.0 Å². The Morgan fingerprint density at radius 1 is 1.30 bits per heavy atom. The van der Waals surface area contributed by atoms with Gasteiger partial charge in [0.25, 0.3) is 0 Å². The molecule has 0 saturated carbocycles. The molecule has 2 rings (SSSR count). The molecule has 0 aromatic carbocycles. The average Bonchev–Trinajstić information content (AvgIpc) is 2.44. The topological polar surface area (TPSA) is 53.5 Å². The molecule has 1 aliphatic heterocycles. The van der Waals surface area contributed by atoms with Crippen LogP contribution in [-0.4, -0.2) is 55.3 Å². The lowest BCUT2D eigenvalue weighted by Gasteiger charge is -2.39. The zero-order valence-electron chi connectivity index (χ0n) is 12.4. The molecule has 5 nitrogen and oxygen atoms in total. The molecule has 1 saturated heterocycles. The minimum Gasteiger partial charge on any atom is -0.351 e. The molecule has 10 heteroatoms. The number of anilines is 1. The van der Waals surface area contributed by atoms with Crippen LogP contribution < -0.4 is 4.90 Å². The number of aromatic nitrogens is 1. The van der Waals surface area contributed by atoms with Crippen LogP contribution in [0.5, 0.6) is 0 Å². The second-order valence-electron chi connectivity index (χ2n) is 5.40. The molecule has 0 radical (unpaired) electrons. The Morgan fingerprint density at radius 3 is 2.57 bits per heavy atom. The van der Waals surface area contributed by atoms with E-state index in [1.807, 2.05) is 0 Å². The zero-order valence-corrected chi connectivity index (χ0v) is 13.2. The van der Waals surface area contributed by atoms with Crippen molar-refractivity contribution in [2.24, 2.45) is 0 Å². The van der Waals surface area contributed by atoms with Gasteiger partial charge in [0.1, 0.15) is 5.82 Å². The van der Waals surface area contributed by atoms with Crippen LogP contribution in [0.15, 0.2) is 18.2 Å². The van der Waals surface area contributed by atoms with Crippen molar-refractivity contribution in [3.05, 3.63) is 24.1 Å². The zero-order chi connectivity index (χ0) is 17.3. The molecule has 0 amide bonds. The quantitative estimate of drug-likeness (QED) is 0.613. The van der Waals surface area contributed by atoms with Crippen LogP contribution in [0.2, 0.25) is 0 Å². The highest BCUT2D eigenvalue weighted by atomic mass is 32.2. The number of halogens is 4. The maximum Gasteiger partial charge on any atom is 0.390 e. The molecule has 0 aliphatic carbocycles. The molecule has 0 spiro atoms. The molecule has 0 bridgehead atoms. The van der Waals surface area contributed by atoms with E-state index < -0.39 is 34.3 Å². The summed E-state index contributed by atoms with van der Waals surface area (Å²) in [4.78, 5) is 5.48. The largest absolute Gasteiger partial charge is 0.390 e. The number of alkyl halides is 3. The lowest BCUT2D eigenvalue weighted by atomic mass is 10.2. The smallest absolute Gasteiger partial charge is 0.351 e. The second kappa shape index (κ2) is 6.60. The Labute approximate surface area is 132 Å². The van der Waals surface area contributed by atoms with Gasteiger partial charge in [-0.15, -0.1) is 0 Å². The number of hydrogen-bond donors (Lipinski definition) is 0.